The Labute approximate surface area is 178 Å². The number of nitrogens with one attached hydrogen (secondary N) is 1. The van der Waals surface area contributed by atoms with Gasteiger partial charge in [-0.1, -0.05) is 24.3 Å². The van der Waals surface area contributed by atoms with Crippen LogP contribution in [-0.4, -0.2) is 29.8 Å². The molecule has 1 amide bonds. The lowest BCUT2D eigenvalue weighted by molar-refractivity contribution is -0.115. The summed E-state index contributed by atoms with van der Waals surface area (Å²) in [6, 6.07) is 5.39. The number of carbonyl (C=O) groups is 1. The lowest BCUT2D eigenvalue weighted by Gasteiger charge is -2.08. The van der Waals surface area contributed by atoms with Gasteiger partial charge in [-0.15, -0.1) is 22.7 Å². The molecule has 0 unspecified atom stereocenters. The Balaban J connectivity index is 1.61. The molecule has 0 bridgehead atoms. The van der Waals surface area contributed by atoms with Gasteiger partial charge in [0.15, 0.2) is 5.13 Å². The van der Waals surface area contributed by atoms with Crippen molar-refractivity contribution in [2.75, 3.05) is 5.32 Å². The third-order valence-electron chi connectivity index (χ3n) is 3.98. The van der Waals surface area contributed by atoms with Crippen LogP contribution in [0.1, 0.15) is 21.8 Å². The number of sulfone groups is 1. The number of nitrogens with zero attached hydrogens (tertiary/aromatic N) is 2. The van der Waals surface area contributed by atoms with Gasteiger partial charge in [0.25, 0.3) is 9.84 Å². The third kappa shape index (κ3) is 5.24. The molecule has 0 aliphatic heterocycles. The number of anilines is 1. The highest BCUT2D eigenvalue weighted by Crippen LogP contribution is 2.32. The number of benzene rings is 1. The van der Waals surface area contributed by atoms with Gasteiger partial charge >= 0.3 is 5.51 Å². The SMILES string of the molecule is Cc1nc(C)c(-c2csc(NC(=O)Cc3ccc(CS(=O)(=O)C(F)(F)F)cc3)n2)s1. The molecule has 2 heterocycles. The number of thiazole rings is 2. The summed E-state index contributed by atoms with van der Waals surface area (Å²) in [5.74, 6) is -1.48. The maximum absolute atomic E-state index is 12.5. The van der Waals surface area contributed by atoms with E-state index in [1.54, 1.807) is 0 Å². The monoisotopic (exact) mass is 475 g/mol. The van der Waals surface area contributed by atoms with Crippen LogP contribution >= 0.6 is 22.7 Å². The van der Waals surface area contributed by atoms with Crippen LogP contribution in [0, 0.1) is 13.8 Å². The van der Waals surface area contributed by atoms with Crippen molar-refractivity contribution >= 4 is 43.5 Å². The van der Waals surface area contributed by atoms with E-state index in [1.165, 1.54) is 46.9 Å². The molecular weight excluding hydrogens is 459 g/mol. The molecule has 0 atom stereocenters. The average Bonchev–Trinajstić information content (AvgIpc) is 3.21. The van der Waals surface area contributed by atoms with Crippen molar-refractivity contribution in [2.24, 2.45) is 0 Å². The standard InChI is InChI=1S/C18H16F3N3O3S3/c1-10-16(29-11(2)22-10)14-8-28-17(23-14)24-15(25)7-12-3-5-13(6-4-12)9-30(26,27)18(19,20)21/h3-6,8H,7,9H2,1-2H3,(H,23,24,25). The van der Waals surface area contributed by atoms with E-state index in [-0.39, 0.29) is 17.9 Å². The zero-order valence-electron chi connectivity index (χ0n) is 15.8. The van der Waals surface area contributed by atoms with Gasteiger partial charge in [-0.05, 0) is 25.0 Å². The van der Waals surface area contributed by atoms with E-state index in [1.807, 2.05) is 19.2 Å². The van der Waals surface area contributed by atoms with Crippen molar-refractivity contribution in [3.8, 4) is 10.6 Å². The molecule has 0 radical (unpaired) electrons. The quantitative estimate of drug-likeness (QED) is 0.567. The number of rotatable bonds is 6. The summed E-state index contributed by atoms with van der Waals surface area (Å²) in [5, 5.41) is 5.86. The van der Waals surface area contributed by atoms with Crippen molar-refractivity contribution in [3.63, 3.8) is 0 Å². The van der Waals surface area contributed by atoms with Gasteiger partial charge in [0.1, 0.15) is 0 Å². The largest absolute Gasteiger partial charge is 0.497 e. The fourth-order valence-corrected chi connectivity index (χ4v) is 5.08. The second-order valence-corrected chi connectivity index (χ2v) is 10.5. The van der Waals surface area contributed by atoms with E-state index < -0.39 is 21.1 Å². The van der Waals surface area contributed by atoms with Crippen molar-refractivity contribution < 1.29 is 26.4 Å². The molecule has 0 fully saturated rings. The highest BCUT2D eigenvalue weighted by Gasteiger charge is 2.45. The van der Waals surface area contributed by atoms with E-state index in [0.717, 1.165) is 21.3 Å². The Bertz CT molecular complexity index is 1170. The summed E-state index contributed by atoms with van der Waals surface area (Å²) in [6.45, 7) is 3.79. The molecule has 12 heteroatoms. The van der Waals surface area contributed by atoms with Crippen LogP contribution in [0.25, 0.3) is 10.6 Å². The zero-order valence-corrected chi connectivity index (χ0v) is 18.2. The van der Waals surface area contributed by atoms with Gasteiger partial charge in [-0.2, -0.15) is 13.2 Å². The highest BCUT2D eigenvalue weighted by molar-refractivity contribution is 7.91. The topological polar surface area (TPSA) is 89.0 Å². The second kappa shape index (κ2) is 8.44. The Morgan fingerprint density at radius 2 is 1.73 bits per heavy atom. The van der Waals surface area contributed by atoms with E-state index in [0.29, 0.717) is 10.7 Å². The number of amides is 1. The molecule has 160 valence electrons. The first-order valence-electron chi connectivity index (χ1n) is 8.51. The van der Waals surface area contributed by atoms with Crippen LogP contribution in [-0.2, 0) is 26.8 Å². The number of halogens is 3. The second-order valence-electron chi connectivity index (χ2n) is 6.43. The molecule has 2 aromatic heterocycles. The molecule has 3 rings (SSSR count). The van der Waals surface area contributed by atoms with E-state index in [2.05, 4.69) is 15.3 Å². The minimum atomic E-state index is -5.30. The summed E-state index contributed by atoms with van der Waals surface area (Å²) in [7, 11) is -5.24. The lowest BCUT2D eigenvalue weighted by Crippen LogP contribution is -2.24. The Kier molecular flexibility index (Phi) is 6.29. The van der Waals surface area contributed by atoms with Crippen LogP contribution in [0.5, 0.6) is 0 Å². The molecule has 0 aliphatic rings. The molecule has 3 aromatic rings. The summed E-state index contributed by atoms with van der Waals surface area (Å²) in [6.07, 6.45) is -0.0279. The molecule has 1 N–H and O–H groups in total. The maximum Gasteiger partial charge on any atom is 0.497 e. The summed E-state index contributed by atoms with van der Waals surface area (Å²) in [4.78, 5) is 21.9. The fourth-order valence-electron chi connectivity index (χ4n) is 2.61. The summed E-state index contributed by atoms with van der Waals surface area (Å²) < 4.78 is 59.8. The number of hydrogen-bond donors (Lipinski definition) is 1. The van der Waals surface area contributed by atoms with Crippen molar-refractivity contribution in [3.05, 3.63) is 51.5 Å². The number of hydrogen-bond acceptors (Lipinski definition) is 7. The smallest absolute Gasteiger partial charge is 0.302 e. The van der Waals surface area contributed by atoms with Crippen molar-refractivity contribution in [2.45, 2.75) is 31.5 Å². The first-order valence-corrected chi connectivity index (χ1v) is 11.9. The predicted octanol–water partition coefficient (Wildman–Crippen LogP) is 4.50. The van der Waals surface area contributed by atoms with E-state index >= 15 is 0 Å². The Morgan fingerprint density at radius 1 is 1.10 bits per heavy atom. The van der Waals surface area contributed by atoms with Gasteiger partial charge in [-0.25, -0.2) is 18.4 Å². The van der Waals surface area contributed by atoms with Crippen molar-refractivity contribution in [1.82, 2.24) is 9.97 Å². The van der Waals surface area contributed by atoms with E-state index in [9.17, 15) is 26.4 Å². The number of carbonyl (C=O) groups excluding carboxylic acids is 1. The summed E-state index contributed by atoms with van der Waals surface area (Å²) >= 11 is 2.79. The van der Waals surface area contributed by atoms with Crippen LogP contribution < -0.4 is 5.32 Å². The van der Waals surface area contributed by atoms with Crippen molar-refractivity contribution in [1.29, 1.82) is 0 Å². The average molecular weight is 476 g/mol. The Morgan fingerprint density at radius 3 is 2.30 bits per heavy atom. The molecule has 30 heavy (non-hydrogen) atoms. The molecule has 0 spiro atoms. The molecule has 6 nitrogen and oxygen atoms in total. The third-order valence-corrected chi connectivity index (χ3v) is 7.26. The molecule has 0 saturated heterocycles. The number of aryl methyl sites for hydroxylation is 2. The molecular formula is C18H16F3N3O3S3. The van der Waals surface area contributed by atoms with E-state index in [4.69, 9.17) is 0 Å². The van der Waals surface area contributed by atoms with Gasteiger partial charge in [-0.3, -0.25) is 4.79 Å². The lowest BCUT2D eigenvalue weighted by atomic mass is 10.1. The molecule has 1 aromatic carbocycles. The highest BCUT2D eigenvalue weighted by atomic mass is 32.2. The fraction of sp³-hybridized carbons (Fsp3) is 0.278. The minimum absolute atomic E-state index is 0.00345. The molecule has 0 saturated carbocycles. The van der Waals surface area contributed by atoms with Gasteiger partial charge in [0.05, 0.1) is 33.4 Å². The van der Waals surface area contributed by atoms with Crippen LogP contribution in [0.4, 0.5) is 18.3 Å². The normalized spacial score (nSPS) is 12.2. The zero-order chi connectivity index (χ0) is 22.1. The first kappa shape index (κ1) is 22.4. The predicted molar refractivity (Wildman–Crippen MR) is 110 cm³/mol. The Hall–Kier alpha value is -2.31. The van der Waals surface area contributed by atoms with Crippen LogP contribution in [0.15, 0.2) is 29.6 Å². The maximum atomic E-state index is 12.5. The first-order chi connectivity index (χ1) is 13.9. The minimum Gasteiger partial charge on any atom is -0.302 e. The summed E-state index contributed by atoms with van der Waals surface area (Å²) in [5.41, 5.74) is -3.17. The van der Waals surface area contributed by atoms with Crippen LogP contribution in [0.2, 0.25) is 0 Å². The molecule has 0 aliphatic carbocycles. The van der Waals surface area contributed by atoms with Crippen LogP contribution in [0.3, 0.4) is 0 Å². The van der Waals surface area contributed by atoms with Gasteiger partial charge in [0, 0.05) is 5.38 Å². The van der Waals surface area contributed by atoms with Gasteiger partial charge < -0.3 is 5.32 Å². The number of alkyl halides is 3. The van der Waals surface area contributed by atoms with Gasteiger partial charge in [0.2, 0.25) is 5.91 Å². The number of aromatic nitrogens is 2.